The molecule has 0 saturated carbocycles. The first-order valence-electron chi connectivity index (χ1n) is 7.61. The average Bonchev–Trinajstić information content (AvgIpc) is 2.38. The highest BCUT2D eigenvalue weighted by Gasteiger charge is 2.10. The fraction of sp³-hybridized carbons (Fsp3) is 1.00. The van der Waals surface area contributed by atoms with Crippen LogP contribution in [0.4, 0.5) is 0 Å². The van der Waals surface area contributed by atoms with Crippen molar-refractivity contribution in [2.24, 2.45) is 5.92 Å². The highest BCUT2D eigenvalue weighted by molar-refractivity contribution is 4.66. The first-order chi connectivity index (χ1) is 8.21. The summed E-state index contributed by atoms with van der Waals surface area (Å²) in [4.78, 5) is 2.63. The lowest BCUT2D eigenvalue weighted by Gasteiger charge is -2.25. The van der Waals surface area contributed by atoms with Crippen LogP contribution in [0.5, 0.6) is 0 Å². The van der Waals surface area contributed by atoms with Gasteiger partial charge in [0.25, 0.3) is 0 Å². The van der Waals surface area contributed by atoms with Crippen LogP contribution < -0.4 is 5.32 Å². The molecule has 0 spiro atoms. The van der Waals surface area contributed by atoms with Gasteiger partial charge in [-0.2, -0.15) is 0 Å². The van der Waals surface area contributed by atoms with Crippen LogP contribution in [0, 0.1) is 5.92 Å². The number of nitrogens with zero attached hydrogens (tertiary/aromatic N) is 1. The quantitative estimate of drug-likeness (QED) is 0.596. The van der Waals surface area contributed by atoms with Crippen LogP contribution in [0.1, 0.15) is 59.8 Å². The summed E-state index contributed by atoms with van der Waals surface area (Å²) in [5, 5.41) is 3.39. The van der Waals surface area contributed by atoms with Gasteiger partial charge in [-0.1, -0.05) is 40.5 Å². The summed E-state index contributed by atoms with van der Waals surface area (Å²) in [6.07, 6.45) is 6.52. The van der Waals surface area contributed by atoms with E-state index in [9.17, 15) is 0 Å². The molecule has 0 amide bonds. The Bertz CT molecular complexity index is 151. The van der Waals surface area contributed by atoms with Crippen molar-refractivity contribution < 1.29 is 0 Å². The second-order valence-electron chi connectivity index (χ2n) is 5.11. The van der Waals surface area contributed by atoms with Gasteiger partial charge in [0.1, 0.15) is 0 Å². The van der Waals surface area contributed by atoms with Gasteiger partial charge in [-0.25, -0.2) is 0 Å². The molecule has 1 N–H and O–H groups in total. The molecule has 0 rings (SSSR count). The summed E-state index contributed by atoms with van der Waals surface area (Å²) in [6.45, 7) is 12.9. The molecule has 2 nitrogen and oxygen atoms in total. The minimum absolute atomic E-state index is 0.710. The lowest BCUT2D eigenvalue weighted by atomic mass is 10.0. The van der Waals surface area contributed by atoms with E-state index < -0.39 is 0 Å². The van der Waals surface area contributed by atoms with Crippen molar-refractivity contribution in [2.45, 2.75) is 65.8 Å². The fourth-order valence-corrected chi connectivity index (χ4v) is 2.40. The fourth-order valence-electron chi connectivity index (χ4n) is 2.40. The third kappa shape index (κ3) is 7.77. The van der Waals surface area contributed by atoms with Crippen LogP contribution in [-0.2, 0) is 0 Å². The molecule has 0 bridgehead atoms. The van der Waals surface area contributed by atoms with E-state index in [4.69, 9.17) is 0 Å². The summed E-state index contributed by atoms with van der Waals surface area (Å²) < 4.78 is 0. The maximum atomic E-state index is 3.39. The van der Waals surface area contributed by atoms with E-state index in [2.05, 4.69) is 45.0 Å². The first kappa shape index (κ1) is 16.9. The molecule has 0 saturated heterocycles. The molecule has 0 aromatic carbocycles. The third-order valence-electron chi connectivity index (χ3n) is 4.05. The van der Waals surface area contributed by atoms with E-state index in [0.717, 1.165) is 5.92 Å². The molecular formula is C15H34N2. The van der Waals surface area contributed by atoms with Crippen LogP contribution in [0.3, 0.4) is 0 Å². The van der Waals surface area contributed by atoms with Crippen molar-refractivity contribution in [3.63, 3.8) is 0 Å². The van der Waals surface area contributed by atoms with Crippen LogP contribution >= 0.6 is 0 Å². The van der Waals surface area contributed by atoms with Crippen molar-refractivity contribution in [3.8, 4) is 0 Å². The second-order valence-corrected chi connectivity index (χ2v) is 5.11. The molecule has 0 aliphatic carbocycles. The molecule has 104 valence electrons. The van der Waals surface area contributed by atoms with Gasteiger partial charge in [-0.05, 0) is 45.3 Å². The summed E-state index contributed by atoms with van der Waals surface area (Å²) in [6, 6.07) is 0.710. The average molecular weight is 242 g/mol. The zero-order chi connectivity index (χ0) is 13.1. The Balaban J connectivity index is 3.81. The Morgan fingerprint density at radius 3 is 2.06 bits per heavy atom. The number of nitrogens with one attached hydrogen (secondary N) is 1. The van der Waals surface area contributed by atoms with E-state index in [1.54, 1.807) is 0 Å². The van der Waals surface area contributed by atoms with E-state index >= 15 is 0 Å². The zero-order valence-corrected chi connectivity index (χ0v) is 12.8. The monoisotopic (exact) mass is 242 g/mol. The van der Waals surface area contributed by atoms with Crippen molar-refractivity contribution in [3.05, 3.63) is 0 Å². The zero-order valence-electron chi connectivity index (χ0n) is 12.8. The standard InChI is InChI=1S/C15H34N2/c1-6-14(7-2)13-17(9-4)12-10-11-15(8-3)16-5/h14-16H,6-13H2,1-5H3. The van der Waals surface area contributed by atoms with Gasteiger partial charge in [0, 0.05) is 12.6 Å². The summed E-state index contributed by atoms with van der Waals surface area (Å²) in [5.74, 6) is 0.890. The second kappa shape index (κ2) is 11.0. The van der Waals surface area contributed by atoms with E-state index in [1.807, 2.05) is 0 Å². The minimum Gasteiger partial charge on any atom is -0.317 e. The summed E-state index contributed by atoms with van der Waals surface area (Å²) in [7, 11) is 2.08. The van der Waals surface area contributed by atoms with Crippen molar-refractivity contribution in [2.75, 3.05) is 26.7 Å². The molecule has 0 heterocycles. The Morgan fingerprint density at radius 2 is 1.65 bits per heavy atom. The molecule has 17 heavy (non-hydrogen) atoms. The van der Waals surface area contributed by atoms with Crippen LogP contribution in [0.15, 0.2) is 0 Å². The molecule has 0 fully saturated rings. The minimum atomic E-state index is 0.710. The third-order valence-corrected chi connectivity index (χ3v) is 4.05. The Labute approximate surface area is 109 Å². The predicted molar refractivity (Wildman–Crippen MR) is 78.6 cm³/mol. The Morgan fingerprint density at radius 1 is 1.00 bits per heavy atom. The van der Waals surface area contributed by atoms with Gasteiger partial charge in [0.2, 0.25) is 0 Å². The van der Waals surface area contributed by atoms with Gasteiger partial charge in [0.15, 0.2) is 0 Å². The molecule has 1 atom stereocenters. The lowest BCUT2D eigenvalue weighted by Crippen LogP contribution is -2.31. The molecule has 1 unspecified atom stereocenters. The van der Waals surface area contributed by atoms with Crippen molar-refractivity contribution in [1.82, 2.24) is 10.2 Å². The highest BCUT2D eigenvalue weighted by Crippen LogP contribution is 2.11. The van der Waals surface area contributed by atoms with Gasteiger partial charge in [-0.15, -0.1) is 0 Å². The molecule has 0 aromatic rings. The van der Waals surface area contributed by atoms with Crippen LogP contribution in [-0.4, -0.2) is 37.6 Å². The molecule has 2 heteroatoms. The predicted octanol–water partition coefficient (Wildman–Crippen LogP) is 3.52. The number of rotatable bonds is 11. The normalized spacial score (nSPS) is 13.6. The topological polar surface area (TPSA) is 15.3 Å². The van der Waals surface area contributed by atoms with Crippen LogP contribution in [0.25, 0.3) is 0 Å². The molecule has 0 aromatic heterocycles. The van der Waals surface area contributed by atoms with E-state index in [0.29, 0.717) is 6.04 Å². The first-order valence-corrected chi connectivity index (χ1v) is 7.61. The SMILES string of the molecule is CCC(CC)CN(CC)CCCC(CC)NC. The Kier molecular flexibility index (Phi) is 11.0. The van der Waals surface area contributed by atoms with Gasteiger partial charge < -0.3 is 10.2 Å². The maximum Gasteiger partial charge on any atom is 0.00619 e. The lowest BCUT2D eigenvalue weighted by molar-refractivity contribution is 0.226. The molecule has 0 radical (unpaired) electrons. The molecule has 0 aliphatic rings. The smallest absolute Gasteiger partial charge is 0.00619 e. The maximum absolute atomic E-state index is 3.39. The molecule has 0 aliphatic heterocycles. The molecular weight excluding hydrogens is 208 g/mol. The largest absolute Gasteiger partial charge is 0.317 e. The summed E-state index contributed by atoms with van der Waals surface area (Å²) in [5.41, 5.74) is 0. The van der Waals surface area contributed by atoms with Crippen LogP contribution in [0.2, 0.25) is 0 Å². The summed E-state index contributed by atoms with van der Waals surface area (Å²) >= 11 is 0. The van der Waals surface area contributed by atoms with E-state index in [-0.39, 0.29) is 0 Å². The van der Waals surface area contributed by atoms with Gasteiger partial charge in [0.05, 0.1) is 0 Å². The highest BCUT2D eigenvalue weighted by atomic mass is 15.1. The Hall–Kier alpha value is -0.0800. The van der Waals surface area contributed by atoms with Crippen molar-refractivity contribution in [1.29, 1.82) is 0 Å². The van der Waals surface area contributed by atoms with Crippen molar-refractivity contribution >= 4 is 0 Å². The van der Waals surface area contributed by atoms with E-state index in [1.165, 1.54) is 51.7 Å². The number of hydrogen-bond acceptors (Lipinski definition) is 2. The number of hydrogen-bond donors (Lipinski definition) is 1. The van der Waals surface area contributed by atoms with Gasteiger partial charge in [-0.3, -0.25) is 0 Å². The van der Waals surface area contributed by atoms with Gasteiger partial charge >= 0.3 is 0 Å².